The van der Waals surface area contributed by atoms with E-state index >= 15 is 0 Å². The van der Waals surface area contributed by atoms with Crippen molar-refractivity contribution in [2.45, 2.75) is 6.42 Å². The Morgan fingerprint density at radius 1 is 1.14 bits per heavy atom. The highest BCUT2D eigenvalue weighted by Crippen LogP contribution is 2.20. The second-order valence-electron chi connectivity index (χ2n) is 6.76. The van der Waals surface area contributed by atoms with E-state index in [0.717, 1.165) is 50.6 Å². The van der Waals surface area contributed by atoms with Crippen LogP contribution in [0.15, 0.2) is 53.5 Å². The Morgan fingerprint density at radius 3 is 2.62 bits per heavy atom. The Bertz CT molecular complexity index is 796. The summed E-state index contributed by atoms with van der Waals surface area (Å²) in [4.78, 5) is 8.89. The van der Waals surface area contributed by atoms with Gasteiger partial charge in [0.05, 0.1) is 12.8 Å². The van der Waals surface area contributed by atoms with Gasteiger partial charge in [-0.25, -0.2) is 4.39 Å². The summed E-state index contributed by atoms with van der Waals surface area (Å²) in [5.74, 6) is 1.02. The van der Waals surface area contributed by atoms with Crippen molar-refractivity contribution in [3.05, 3.63) is 54.3 Å². The number of methoxy groups -OCH3 is 1. The standard InChI is InChI=1S/C21H28FN5O.HI/c1-28-18-7-4-6-17(16-18)25-21(23)24-10-5-11-26-12-14-27(15-13-26)20-9-3-2-8-19(20)22;/h2-4,6-9,16H,5,10-15H2,1H3,(H3,23,24,25);1H. The van der Waals surface area contributed by atoms with E-state index in [0.29, 0.717) is 18.2 Å². The first-order chi connectivity index (χ1) is 13.7. The van der Waals surface area contributed by atoms with Gasteiger partial charge in [0.25, 0.3) is 0 Å². The number of nitrogens with one attached hydrogen (secondary N) is 1. The summed E-state index contributed by atoms with van der Waals surface area (Å²) in [6.07, 6.45) is 0.931. The highest BCUT2D eigenvalue weighted by atomic mass is 127. The minimum atomic E-state index is -0.149. The summed E-state index contributed by atoms with van der Waals surface area (Å²) >= 11 is 0. The van der Waals surface area contributed by atoms with Crippen LogP contribution in [-0.4, -0.2) is 57.2 Å². The van der Waals surface area contributed by atoms with Crippen LogP contribution in [-0.2, 0) is 0 Å². The van der Waals surface area contributed by atoms with E-state index in [2.05, 4.69) is 20.1 Å². The maximum absolute atomic E-state index is 13.9. The fourth-order valence-corrected chi connectivity index (χ4v) is 3.30. The van der Waals surface area contributed by atoms with Gasteiger partial charge in [-0.1, -0.05) is 18.2 Å². The number of hydrogen-bond acceptors (Lipinski definition) is 4. The average molecular weight is 513 g/mol. The molecule has 0 spiro atoms. The van der Waals surface area contributed by atoms with Crippen LogP contribution in [0.5, 0.6) is 5.75 Å². The molecule has 3 rings (SSSR count). The molecule has 0 bridgehead atoms. The van der Waals surface area contributed by atoms with Crippen molar-refractivity contribution in [1.82, 2.24) is 4.90 Å². The minimum Gasteiger partial charge on any atom is -0.497 e. The fraction of sp³-hybridized carbons (Fsp3) is 0.381. The molecule has 2 aromatic rings. The zero-order chi connectivity index (χ0) is 19.8. The van der Waals surface area contributed by atoms with E-state index < -0.39 is 0 Å². The lowest BCUT2D eigenvalue weighted by atomic mass is 10.2. The van der Waals surface area contributed by atoms with E-state index in [1.165, 1.54) is 6.07 Å². The summed E-state index contributed by atoms with van der Waals surface area (Å²) in [5, 5.41) is 3.08. The van der Waals surface area contributed by atoms with E-state index in [1.807, 2.05) is 36.4 Å². The van der Waals surface area contributed by atoms with Gasteiger partial charge in [0, 0.05) is 51.0 Å². The number of para-hydroxylation sites is 1. The first kappa shape index (κ1) is 23.2. The lowest BCUT2D eigenvalue weighted by molar-refractivity contribution is 0.256. The van der Waals surface area contributed by atoms with Crippen molar-refractivity contribution in [2.24, 2.45) is 10.7 Å². The highest BCUT2D eigenvalue weighted by molar-refractivity contribution is 14.0. The summed E-state index contributed by atoms with van der Waals surface area (Å²) in [6, 6.07) is 14.5. The molecule has 3 N–H and O–H groups in total. The molecule has 0 radical (unpaired) electrons. The quantitative estimate of drug-likeness (QED) is 0.257. The third-order valence-corrected chi connectivity index (χ3v) is 4.82. The van der Waals surface area contributed by atoms with Gasteiger partial charge in [-0.2, -0.15) is 0 Å². The van der Waals surface area contributed by atoms with Crippen LogP contribution < -0.4 is 20.7 Å². The first-order valence-electron chi connectivity index (χ1n) is 9.58. The number of nitrogens with two attached hydrogens (primary N) is 1. The van der Waals surface area contributed by atoms with Crippen molar-refractivity contribution in [2.75, 3.05) is 56.6 Å². The van der Waals surface area contributed by atoms with Crippen LogP contribution >= 0.6 is 24.0 Å². The molecule has 0 aliphatic carbocycles. The Balaban J connectivity index is 0.00000300. The molecule has 2 aromatic carbocycles. The summed E-state index contributed by atoms with van der Waals surface area (Å²) in [6.45, 7) is 5.15. The molecule has 1 aliphatic rings. The van der Waals surface area contributed by atoms with Crippen LogP contribution in [0.25, 0.3) is 0 Å². The second-order valence-corrected chi connectivity index (χ2v) is 6.76. The number of ether oxygens (including phenoxy) is 1. The Kier molecular flexibility index (Phi) is 9.46. The molecule has 158 valence electrons. The largest absolute Gasteiger partial charge is 0.497 e. The lowest BCUT2D eigenvalue weighted by Gasteiger charge is -2.36. The molecule has 1 fully saturated rings. The van der Waals surface area contributed by atoms with E-state index in [1.54, 1.807) is 13.2 Å². The Morgan fingerprint density at radius 2 is 1.90 bits per heavy atom. The number of piperazine rings is 1. The summed E-state index contributed by atoms with van der Waals surface area (Å²) in [7, 11) is 1.63. The maximum atomic E-state index is 13.9. The molecule has 29 heavy (non-hydrogen) atoms. The zero-order valence-electron chi connectivity index (χ0n) is 16.7. The van der Waals surface area contributed by atoms with Gasteiger partial charge in [-0.05, 0) is 30.7 Å². The smallest absolute Gasteiger partial charge is 0.193 e. The van der Waals surface area contributed by atoms with E-state index in [4.69, 9.17) is 10.5 Å². The molecule has 0 unspecified atom stereocenters. The average Bonchev–Trinajstić information content (AvgIpc) is 2.72. The molecule has 0 atom stereocenters. The number of guanidine groups is 1. The summed E-state index contributed by atoms with van der Waals surface area (Å²) in [5.41, 5.74) is 7.50. The SMILES string of the molecule is COc1cccc(NC(N)=NCCCN2CCN(c3ccccc3F)CC2)c1.I. The topological polar surface area (TPSA) is 66.1 Å². The van der Waals surface area contributed by atoms with Gasteiger partial charge in [-0.3, -0.25) is 9.89 Å². The molecule has 0 saturated carbocycles. The van der Waals surface area contributed by atoms with Crippen molar-refractivity contribution < 1.29 is 9.13 Å². The summed E-state index contributed by atoms with van der Waals surface area (Å²) < 4.78 is 19.1. The first-order valence-corrected chi connectivity index (χ1v) is 9.58. The third-order valence-electron chi connectivity index (χ3n) is 4.82. The van der Waals surface area contributed by atoms with Crippen molar-refractivity contribution >= 4 is 41.3 Å². The second kappa shape index (κ2) is 11.8. The normalized spacial score (nSPS) is 15.0. The molecule has 8 heteroatoms. The molecule has 1 heterocycles. The van der Waals surface area contributed by atoms with Crippen LogP contribution in [0.4, 0.5) is 15.8 Å². The Hall–Kier alpha value is -2.07. The van der Waals surface area contributed by atoms with Gasteiger partial charge in [0.15, 0.2) is 5.96 Å². The molecular weight excluding hydrogens is 484 g/mol. The third kappa shape index (κ3) is 7.04. The predicted molar refractivity (Wildman–Crippen MR) is 128 cm³/mol. The van der Waals surface area contributed by atoms with Crippen LogP contribution in [0.1, 0.15) is 6.42 Å². The van der Waals surface area contributed by atoms with Crippen molar-refractivity contribution in [3.63, 3.8) is 0 Å². The van der Waals surface area contributed by atoms with Gasteiger partial charge >= 0.3 is 0 Å². The minimum absolute atomic E-state index is 0. The number of halogens is 2. The Labute approximate surface area is 188 Å². The predicted octanol–water partition coefficient (Wildman–Crippen LogP) is 3.39. The number of benzene rings is 2. The number of anilines is 2. The molecule has 0 amide bonds. The highest BCUT2D eigenvalue weighted by Gasteiger charge is 2.18. The molecule has 1 saturated heterocycles. The lowest BCUT2D eigenvalue weighted by Crippen LogP contribution is -2.47. The van der Waals surface area contributed by atoms with Gasteiger partial charge in [0.1, 0.15) is 11.6 Å². The molecule has 6 nitrogen and oxygen atoms in total. The number of hydrogen-bond donors (Lipinski definition) is 2. The van der Waals surface area contributed by atoms with Crippen LogP contribution in [0.2, 0.25) is 0 Å². The fourth-order valence-electron chi connectivity index (χ4n) is 3.30. The van der Waals surface area contributed by atoms with E-state index in [-0.39, 0.29) is 29.8 Å². The number of aliphatic imine (C=N–C) groups is 1. The zero-order valence-corrected chi connectivity index (χ0v) is 19.0. The monoisotopic (exact) mass is 513 g/mol. The van der Waals surface area contributed by atoms with Gasteiger partial charge < -0.3 is 20.7 Å². The van der Waals surface area contributed by atoms with E-state index in [9.17, 15) is 4.39 Å². The van der Waals surface area contributed by atoms with Gasteiger partial charge in [-0.15, -0.1) is 24.0 Å². The molecule has 0 aromatic heterocycles. The van der Waals surface area contributed by atoms with Crippen LogP contribution in [0.3, 0.4) is 0 Å². The number of rotatable bonds is 7. The van der Waals surface area contributed by atoms with Crippen molar-refractivity contribution in [3.8, 4) is 5.75 Å². The van der Waals surface area contributed by atoms with Crippen LogP contribution in [0, 0.1) is 5.82 Å². The maximum Gasteiger partial charge on any atom is 0.193 e. The number of nitrogens with zero attached hydrogens (tertiary/aromatic N) is 3. The molecular formula is C21H29FIN5O. The van der Waals surface area contributed by atoms with Gasteiger partial charge in [0.2, 0.25) is 0 Å². The van der Waals surface area contributed by atoms with Crippen molar-refractivity contribution in [1.29, 1.82) is 0 Å². The molecule has 1 aliphatic heterocycles.